The monoisotopic (exact) mass is 381 g/mol. The largest absolute Gasteiger partial charge is 0.493 e. The standard InChI is InChI=1S/C19H16ClN5O2/c1-11-14-8-17(26-2)18(27-3)9-16(14)21-10-15(11)19-22-23-24-25(19)13-6-4-12(20)5-7-13/h4-10H,1-3H3. The van der Waals surface area contributed by atoms with Gasteiger partial charge in [-0.1, -0.05) is 11.6 Å². The summed E-state index contributed by atoms with van der Waals surface area (Å²) in [5.74, 6) is 1.87. The van der Waals surface area contributed by atoms with Gasteiger partial charge in [0.2, 0.25) is 0 Å². The third kappa shape index (κ3) is 2.96. The average molecular weight is 382 g/mol. The average Bonchev–Trinajstić information content (AvgIpc) is 3.17. The zero-order chi connectivity index (χ0) is 19.0. The van der Waals surface area contributed by atoms with E-state index in [1.165, 1.54) is 0 Å². The number of nitrogens with zero attached hydrogens (tertiary/aromatic N) is 5. The van der Waals surface area contributed by atoms with Gasteiger partial charge in [-0.15, -0.1) is 5.10 Å². The number of pyridine rings is 1. The number of hydrogen-bond donors (Lipinski definition) is 0. The highest BCUT2D eigenvalue weighted by Gasteiger charge is 2.17. The van der Waals surface area contributed by atoms with E-state index in [2.05, 4.69) is 20.5 Å². The summed E-state index contributed by atoms with van der Waals surface area (Å²) in [4.78, 5) is 4.57. The van der Waals surface area contributed by atoms with Crippen molar-refractivity contribution >= 4 is 22.5 Å². The summed E-state index contributed by atoms with van der Waals surface area (Å²) < 4.78 is 12.4. The van der Waals surface area contributed by atoms with Gasteiger partial charge in [0.25, 0.3) is 0 Å². The number of methoxy groups -OCH3 is 2. The molecule has 0 saturated heterocycles. The second-order valence-corrected chi connectivity index (χ2v) is 6.35. The quantitative estimate of drug-likeness (QED) is 0.534. The Morgan fingerprint density at radius 2 is 1.70 bits per heavy atom. The molecule has 0 fully saturated rings. The number of aryl methyl sites for hydroxylation is 1. The number of rotatable bonds is 4. The topological polar surface area (TPSA) is 75.0 Å². The molecular formula is C19H16ClN5O2. The molecule has 2 aromatic heterocycles. The molecule has 4 rings (SSSR count). The summed E-state index contributed by atoms with van der Waals surface area (Å²) in [7, 11) is 3.21. The molecule has 0 amide bonds. The van der Waals surface area contributed by atoms with Gasteiger partial charge in [0.15, 0.2) is 17.3 Å². The Hall–Kier alpha value is -3.19. The Kier molecular flexibility index (Phi) is 4.37. The van der Waals surface area contributed by atoms with Gasteiger partial charge in [0, 0.05) is 28.2 Å². The van der Waals surface area contributed by atoms with Crippen molar-refractivity contribution in [3.05, 3.63) is 53.2 Å². The second kappa shape index (κ2) is 6.85. The first-order valence-corrected chi connectivity index (χ1v) is 8.56. The Bertz CT molecular complexity index is 1130. The Labute approximate surface area is 160 Å². The zero-order valence-corrected chi connectivity index (χ0v) is 15.7. The molecular weight excluding hydrogens is 366 g/mol. The molecule has 136 valence electrons. The normalized spacial score (nSPS) is 11.0. The zero-order valence-electron chi connectivity index (χ0n) is 15.0. The van der Waals surface area contributed by atoms with Gasteiger partial charge in [-0.25, -0.2) is 0 Å². The lowest BCUT2D eigenvalue weighted by Crippen LogP contribution is -2.01. The first-order chi connectivity index (χ1) is 13.1. The van der Waals surface area contributed by atoms with Gasteiger partial charge in [-0.2, -0.15) is 4.68 Å². The SMILES string of the molecule is COc1cc2ncc(-c3nnnn3-c3ccc(Cl)cc3)c(C)c2cc1OC. The van der Waals surface area contributed by atoms with Crippen molar-refractivity contribution in [2.24, 2.45) is 0 Å². The molecule has 0 N–H and O–H groups in total. The minimum absolute atomic E-state index is 0.596. The molecule has 4 aromatic rings. The molecule has 0 aliphatic heterocycles. The number of aromatic nitrogens is 5. The molecule has 0 unspecified atom stereocenters. The highest BCUT2D eigenvalue weighted by atomic mass is 35.5. The lowest BCUT2D eigenvalue weighted by Gasteiger charge is -2.12. The highest BCUT2D eigenvalue weighted by molar-refractivity contribution is 6.30. The Morgan fingerprint density at radius 1 is 1.00 bits per heavy atom. The number of halogens is 1. The van der Waals surface area contributed by atoms with E-state index in [1.54, 1.807) is 37.2 Å². The number of tetrazole rings is 1. The van der Waals surface area contributed by atoms with Crippen molar-refractivity contribution < 1.29 is 9.47 Å². The summed E-state index contributed by atoms with van der Waals surface area (Å²) in [6, 6.07) is 11.1. The van der Waals surface area contributed by atoms with Crippen LogP contribution in [0.4, 0.5) is 0 Å². The molecule has 0 aliphatic carbocycles. The molecule has 7 nitrogen and oxygen atoms in total. The summed E-state index contributed by atoms with van der Waals surface area (Å²) in [6.45, 7) is 2.01. The molecule has 0 spiro atoms. The van der Waals surface area contributed by atoms with Crippen molar-refractivity contribution in [1.29, 1.82) is 0 Å². The van der Waals surface area contributed by atoms with Crippen molar-refractivity contribution in [3.8, 4) is 28.6 Å². The maximum absolute atomic E-state index is 5.98. The predicted octanol–water partition coefficient (Wildman–Crippen LogP) is 3.86. The fraction of sp³-hybridized carbons (Fsp3) is 0.158. The van der Waals surface area contributed by atoms with Gasteiger partial charge in [0.05, 0.1) is 25.4 Å². The van der Waals surface area contributed by atoms with Crippen LogP contribution in [-0.4, -0.2) is 39.4 Å². The van der Waals surface area contributed by atoms with Gasteiger partial charge in [-0.3, -0.25) is 4.98 Å². The van der Waals surface area contributed by atoms with Gasteiger partial charge in [-0.05, 0) is 53.2 Å². The molecule has 27 heavy (non-hydrogen) atoms. The summed E-state index contributed by atoms with van der Waals surface area (Å²) >= 11 is 5.98. The van der Waals surface area contributed by atoms with Crippen LogP contribution < -0.4 is 9.47 Å². The molecule has 2 heterocycles. The smallest absolute Gasteiger partial charge is 0.188 e. The first-order valence-electron chi connectivity index (χ1n) is 8.18. The minimum Gasteiger partial charge on any atom is -0.493 e. The molecule has 0 aliphatic rings. The van der Waals surface area contributed by atoms with Crippen LogP contribution in [0.15, 0.2) is 42.6 Å². The van der Waals surface area contributed by atoms with E-state index >= 15 is 0 Å². The van der Waals surface area contributed by atoms with E-state index in [9.17, 15) is 0 Å². The van der Waals surface area contributed by atoms with Crippen LogP contribution >= 0.6 is 11.6 Å². The van der Waals surface area contributed by atoms with Gasteiger partial charge < -0.3 is 9.47 Å². The molecule has 2 aromatic carbocycles. The number of benzene rings is 2. The molecule has 0 bridgehead atoms. The van der Waals surface area contributed by atoms with E-state index in [4.69, 9.17) is 21.1 Å². The van der Waals surface area contributed by atoms with Crippen molar-refractivity contribution in [2.45, 2.75) is 6.92 Å². The number of ether oxygens (including phenoxy) is 2. The second-order valence-electron chi connectivity index (χ2n) is 5.91. The van der Waals surface area contributed by atoms with E-state index in [0.29, 0.717) is 22.3 Å². The molecule has 8 heteroatoms. The van der Waals surface area contributed by atoms with E-state index in [-0.39, 0.29) is 0 Å². The van der Waals surface area contributed by atoms with E-state index in [1.807, 2.05) is 31.2 Å². The van der Waals surface area contributed by atoms with E-state index < -0.39 is 0 Å². The summed E-state index contributed by atoms with van der Waals surface area (Å²) in [5.41, 5.74) is 3.44. The van der Waals surface area contributed by atoms with Crippen molar-refractivity contribution in [1.82, 2.24) is 25.2 Å². The minimum atomic E-state index is 0.596. The Morgan fingerprint density at radius 3 is 2.41 bits per heavy atom. The number of fused-ring (bicyclic) bond motifs is 1. The van der Waals surface area contributed by atoms with Crippen LogP contribution in [0.5, 0.6) is 11.5 Å². The molecule has 0 radical (unpaired) electrons. The summed E-state index contributed by atoms with van der Waals surface area (Å²) in [5, 5.41) is 13.7. The fourth-order valence-corrected chi connectivity index (χ4v) is 3.11. The maximum Gasteiger partial charge on any atom is 0.188 e. The van der Waals surface area contributed by atoms with E-state index in [0.717, 1.165) is 27.7 Å². The first kappa shape index (κ1) is 17.2. The van der Waals surface area contributed by atoms with Crippen LogP contribution in [0, 0.1) is 6.92 Å². The number of hydrogen-bond acceptors (Lipinski definition) is 6. The Balaban J connectivity index is 1.89. The fourth-order valence-electron chi connectivity index (χ4n) is 2.99. The van der Waals surface area contributed by atoms with Crippen LogP contribution in [-0.2, 0) is 0 Å². The third-order valence-electron chi connectivity index (χ3n) is 4.42. The van der Waals surface area contributed by atoms with Gasteiger partial charge >= 0.3 is 0 Å². The summed E-state index contributed by atoms with van der Waals surface area (Å²) in [6.07, 6.45) is 1.77. The van der Waals surface area contributed by atoms with Crippen LogP contribution in [0.2, 0.25) is 5.02 Å². The van der Waals surface area contributed by atoms with Crippen LogP contribution in [0.25, 0.3) is 28.0 Å². The molecule has 0 saturated carbocycles. The van der Waals surface area contributed by atoms with Crippen LogP contribution in [0.3, 0.4) is 0 Å². The molecule has 0 atom stereocenters. The van der Waals surface area contributed by atoms with Crippen molar-refractivity contribution in [3.63, 3.8) is 0 Å². The highest BCUT2D eigenvalue weighted by Crippen LogP contribution is 2.35. The van der Waals surface area contributed by atoms with Crippen LogP contribution in [0.1, 0.15) is 5.56 Å². The van der Waals surface area contributed by atoms with Gasteiger partial charge in [0.1, 0.15) is 0 Å². The lowest BCUT2D eigenvalue weighted by molar-refractivity contribution is 0.356. The third-order valence-corrected chi connectivity index (χ3v) is 4.68. The maximum atomic E-state index is 5.98. The lowest BCUT2D eigenvalue weighted by atomic mass is 10.0. The predicted molar refractivity (Wildman–Crippen MR) is 103 cm³/mol. The van der Waals surface area contributed by atoms with Crippen molar-refractivity contribution in [2.75, 3.05) is 14.2 Å².